The Balaban J connectivity index is 1.31. The number of aromatic nitrogens is 4. The van der Waals surface area contributed by atoms with E-state index in [-0.39, 0.29) is 19.1 Å². The van der Waals surface area contributed by atoms with Crippen LogP contribution in [0.4, 0.5) is 10.6 Å². The molecule has 0 aliphatic heterocycles. The maximum atomic E-state index is 12.0. The van der Waals surface area contributed by atoms with Gasteiger partial charge in [-0.2, -0.15) is 0 Å². The van der Waals surface area contributed by atoms with E-state index in [1.807, 2.05) is 53.9 Å². The zero-order chi connectivity index (χ0) is 27.4. The van der Waals surface area contributed by atoms with Crippen molar-refractivity contribution in [2.24, 2.45) is 0 Å². The van der Waals surface area contributed by atoms with Crippen molar-refractivity contribution in [1.82, 2.24) is 30.2 Å². The number of nitrogens with two attached hydrogens (primary N) is 1. The van der Waals surface area contributed by atoms with Crippen LogP contribution in [0.5, 0.6) is 0 Å². The number of amides is 2. The van der Waals surface area contributed by atoms with Crippen LogP contribution < -0.4 is 16.4 Å². The van der Waals surface area contributed by atoms with Crippen molar-refractivity contribution in [1.29, 1.82) is 0 Å². The van der Waals surface area contributed by atoms with Gasteiger partial charge in [-0.1, -0.05) is 49.0 Å². The fourth-order valence-corrected chi connectivity index (χ4v) is 4.77. The van der Waals surface area contributed by atoms with Crippen molar-refractivity contribution in [3.05, 3.63) is 83.4 Å². The first-order valence-corrected chi connectivity index (χ1v) is 13.1. The number of carbonyl (C=O) groups excluding carboxylic acids is 2. The molecule has 4 N–H and O–H groups in total. The lowest BCUT2D eigenvalue weighted by Crippen LogP contribution is -2.31. The van der Waals surface area contributed by atoms with E-state index >= 15 is 0 Å². The minimum atomic E-state index is -0.556. The number of carbonyl (C=O) groups is 2. The molecule has 0 saturated heterocycles. The predicted molar refractivity (Wildman–Crippen MR) is 152 cm³/mol. The van der Waals surface area contributed by atoms with E-state index in [0.717, 1.165) is 38.4 Å². The molecule has 0 aliphatic carbocycles. The summed E-state index contributed by atoms with van der Waals surface area (Å²) in [5, 5.41) is 9.01. The van der Waals surface area contributed by atoms with Gasteiger partial charge in [0.05, 0.1) is 17.6 Å². The molecule has 0 saturated carbocycles. The Bertz CT molecular complexity index is 1660. The molecule has 39 heavy (non-hydrogen) atoms. The van der Waals surface area contributed by atoms with Gasteiger partial charge < -0.3 is 25.7 Å². The molecule has 3 aromatic heterocycles. The molecule has 0 unspecified atom stereocenters. The number of pyridine rings is 1. The standard InChI is InChI=1S/C28H27N7O3S/c1-17(2)26(36)30-11-13-38-28(37)32-15-18-7-9-19(10-8-18)16-35-23-20-5-3-4-6-21(20)33-24(29)22(23)34-25(35)27-31-12-14-39-27/h3-10,12,14H,1,11,13,15-16H2,2H3,(H2,29,33)(H,30,36)(H,32,37). The molecule has 3 heterocycles. The largest absolute Gasteiger partial charge is 0.448 e. The van der Waals surface area contributed by atoms with Crippen molar-refractivity contribution < 1.29 is 14.3 Å². The fraction of sp³-hybridized carbons (Fsp3) is 0.179. The van der Waals surface area contributed by atoms with Crippen LogP contribution >= 0.6 is 11.3 Å². The van der Waals surface area contributed by atoms with Crippen LogP contribution in [-0.4, -0.2) is 44.7 Å². The van der Waals surface area contributed by atoms with Gasteiger partial charge in [-0.3, -0.25) is 4.79 Å². The summed E-state index contributed by atoms with van der Waals surface area (Å²) in [4.78, 5) is 37.3. The van der Waals surface area contributed by atoms with Crippen molar-refractivity contribution in [2.45, 2.75) is 20.0 Å². The zero-order valence-corrected chi connectivity index (χ0v) is 22.1. The summed E-state index contributed by atoms with van der Waals surface area (Å²) in [6.45, 7) is 6.31. The minimum absolute atomic E-state index is 0.0683. The van der Waals surface area contributed by atoms with Gasteiger partial charge in [-0.25, -0.2) is 19.7 Å². The molecular weight excluding hydrogens is 514 g/mol. The van der Waals surface area contributed by atoms with E-state index in [9.17, 15) is 9.59 Å². The van der Waals surface area contributed by atoms with E-state index in [0.29, 0.717) is 30.0 Å². The SMILES string of the molecule is C=C(C)C(=O)NCCOC(=O)NCc1ccc(Cn2c(-c3nccs3)nc3c(N)nc4ccccc4c32)cc1. The van der Waals surface area contributed by atoms with E-state index in [1.54, 1.807) is 13.1 Å². The average Bonchev–Trinajstić information content (AvgIpc) is 3.59. The maximum absolute atomic E-state index is 12.0. The van der Waals surface area contributed by atoms with E-state index in [2.05, 4.69) is 31.7 Å². The number of ether oxygens (including phenoxy) is 1. The second kappa shape index (κ2) is 11.3. The van der Waals surface area contributed by atoms with Crippen LogP contribution in [-0.2, 0) is 22.6 Å². The smallest absolute Gasteiger partial charge is 0.407 e. The second-order valence-corrected chi connectivity index (χ2v) is 9.81. The molecule has 5 rings (SSSR count). The Morgan fingerprint density at radius 2 is 1.85 bits per heavy atom. The van der Waals surface area contributed by atoms with Gasteiger partial charge in [0.15, 0.2) is 16.6 Å². The Morgan fingerprint density at radius 1 is 1.08 bits per heavy atom. The van der Waals surface area contributed by atoms with Crippen LogP contribution in [0.15, 0.2) is 72.3 Å². The van der Waals surface area contributed by atoms with E-state index in [4.69, 9.17) is 15.5 Å². The molecule has 2 aromatic carbocycles. The number of nitrogens with one attached hydrogen (secondary N) is 2. The molecule has 11 heteroatoms. The van der Waals surface area contributed by atoms with Crippen molar-refractivity contribution in [3.63, 3.8) is 0 Å². The van der Waals surface area contributed by atoms with Gasteiger partial charge in [-0.15, -0.1) is 11.3 Å². The summed E-state index contributed by atoms with van der Waals surface area (Å²) in [5.74, 6) is 0.847. The fourth-order valence-electron chi connectivity index (χ4n) is 4.14. The average molecular weight is 542 g/mol. The summed E-state index contributed by atoms with van der Waals surface area (Å²) < 4.78 is 7.23. The molecule has 0 radical (unpaired) electrons. The number of imidazole rings is 1. The monoisotopic (exact) mass is 541 g/mol. The molecule has 0 bridgehead atoms. The van der Waals surface area contributed by atoms with Crippen LogP contribution in [0.3, 0.4) is 0 Å². The lowest BCUT2D eigenvalue weighted by Gasteiger charge is -2.11. The number of rotatable bonds is 9. The van der Waals surface area contributed by atoms with Crippen LogP contribution in [0.2, 0.25) is 0 Å². The first kappa shape index (κ1) is 25.9. The Hall–Kier alpha value is -4.77. The Kier molecular flexibility index (Phi) is 7.50. The van der Waals surface area contributed by atoms with Crippen LogP contribution in [0, 0.1) is 0 Å². The number of para-hydroxylation sites is 1. The first-order chi connectivity index (χ1) is 18.9. The number of benzene rings is 2. The minimum Gasteiger partial charge on any atom is -0.448 e. The Morgan fingerprint density at radius 3 is 2.59 bits per heavy atom. The summed E-state index contributed by atoms with van der Waals surface area (Å²) >= 11 is 1.52. The van der Waals surface area contributed by atoms with Gasteiger partial charge in [0.2, 0.25) is 5.91 Å². The highest BCUT2D eigenvalue weighted by atomic mass is 32.1. The molecule has 0 fully saturated rings. The van der Waals surface area contributed by atoms with Gasteiger partial charge >= 0.3 is 6.09 Å². The topological polar surface area (TPSA) is 137 Å². The molecule has 10 nitrogen and oxygen atoms in total. The third-order valence-electron chi connectivity index (χ3n) is 6.04. The maximum Gasteiger partial charge on any atom is 0.407 e. The van der Waals surface area contributed by atoms with Crippen molar-refractivity contribution >= 4 is 51.1 Å². The summed E-state index contributed by atoms with van der Waals surface area (Å²) in [5.41, 5.74) is 11.1. The molecular formula is C28H27N7O3S. The Labute approximate surface area is 228 Å². The van der Waals surface area contributed by atoms with Gasteiger partial charge in [0, 0.05) is 35.6 Å². The quantitative estimate of drug-likeness (QED) is 0.187. The third-order valence-corrected chi connectivity index (χ3v) is 6.81. The zero-order valence-electron chi connectivity index (χ0n) is 21.3. The van der Waals surface area contributed by atoms with Gasteiger partial charge in [0.25, 0.3) is 0 Å². The van der Waals surface area contributed by atoms with Crippen molar-refractivity contribution in [3.8, 4) is 10.8 Å². The lowest BCUT2D eigenvalue weighted by atomic mass is 10.1. The highest BCUT2D eigenvalue weighted by Crippen LogP contribution is 2.33. The molecule has 0 spiro atoms. The molecule has 0 aliphatic rings. The summed E-state index contributed by atoms with van der Waals surface area (Å²) in [6.07, 6.45) is 1.20. The second-order valence-electron chi connectivity index (χ2n) is 8.91. The number of nitrogens with zero attached hydrogens (tertiary/aromatic N) is 4. The summed E-state index contributed by atoms with van der Waals surface area (Å²) in [7, 11) is 0. The lowest BCUT2D eigenvalue weighted by molar-refractivity contribution is -0.117. The van der Waals surface area contributed by atoms with Gasteiger partial charge in [0.1, 0.15) is 12.1 Å². The number of anilines is 1. The predicted octanol–water partition coefficient (Wildman–Crippen LogP) is 4.26. The molecule has 5 aromatic rings. The number of fused-ring (bicyclic) bond motifs is 3. The normalized spacial score (nSPS) is 11.0. The molecule has 2 amide bonds. The first-order valence-electron chi connectivity index (χ1n) is 12.3. The highest BCUT2D eigenvalue weighted by molar-refractivity contribution is 7.13. The van der Waals surface area contributed by atoms with Gasteiger partial charge in [-0.05, 0) is 24.1 Å². The van der Waals surface area contributed by atoms with Crippen LogP contribution in [0.25, 0.3) is 32.8 Å². The van der Waals surface area contributed by atoms with Crippen molar-refractivity contribution in [2.75, 3.05) is 18.9 Å². The van der Waals surface area contributed by atoms with E-state index in [1.165, 1.54) is 11.3 Å². The molecule has 198 valence electrons. The number of hydrogen-bond acceptors (Lipinski definition) is 8. The summed E-state index contributed by atoms with van der Waals surface area (Å²) in [6, 6.07) is 15.8. The number of thiazole rings is 1. The number of alkyl carbamates (subject to hydrolysis) is 1. The highest BCUT2D eigenvalue weighted by Gasteiger charge is 2.20. The third kappa shape index (κ3) is 5.73. The van der Waals surface area contributed by atoms with Crippen LogP contribution in [0.1, 0.15) is 18.1 Å². The molecule has 0 atom stereocenters. The van der Waals surface area contributed by atoms with E-state index < -0.39 is 6.09 Å². The number of hydrogen-bond donors (Lipinski definition) is 3. The number of nitrogen functional groups attached to an aromatic ring is 1.